The highest BCUT2D eigenvalue weighted by Gasteiger charge is 2.34. The van der Waals surface area contributed by atoms with E-state index in [1.165, 1.54) is 11.3 Å². The summed E-state index contributed by atoms with van der Waals surface area (Å²) in [7, 11) is 0. The lowest BCUT2D eigenvalue weighted by Gasteiger charge is -2.30. The number of rotatable bonds is 7. The number of ether oxygens (including phenoxy) is 1. The van der Waals surface area contributed by atoms with Gasteiger partial charge in [0.25, 0.3) is 5.91 Å². The Labute approximate surface area is 207 Å². The van der Waals surface area contributed by atoms with Crippen molar-refractivity contribution in [1.29, 1.82) is 0 Å². The third-order valence-corrected chi connectivity index (χ3v) is 6.88. The van der Waals surface area contributed by atoms with Gasteiger partial charge in [-0.2, -0.15) is 0 Å². The maximum atomic E-state index is 12.6. The molecule has 184 valence electrons. The van der Waals surface area contributed by atoms with Gasteiger partial charge < -0.3 is 35.8 Å². The van der Waals surface area contributed by atoms with E-state index in [1.807, 2.05) is 44.2 Å². The summed E-state index contributed by atoms with van der Waals surface area (Å²) in [5, 5.41) is 28.7. The zero-order valence-corrected chi connectivity index (χ0v) is 20.4. The van der Waals surface area contributed by atoms with Crippen molar-refractivity contribution in [3.05, 3.63) is 47.0 Å². The molecule has 0 radical (unpaired) electrons. The van der Waals surface area contributed by atoms with Gasteiger partial charge >= 0.3 is 0 Å². The average Bonchev–Trinajstić information content (AvgIpc) is 3.25. The molecule has 10 nitrogen and oxygen atoms in total. The summed E-state index contributed by atoms with van der Waals surface area (Å²) in [6.07, 6.45) is -0.164. The second-order valence-corrected chi connectivity index (χ2v) is 10.2. The first-order chi connectivity index (χ1) is 16.8. The number of carbonyl (C=O) groups excluding carboxylic acids is 1. The minimum Gasteiger partial charge on any atom is -0.490 e. The number of thiazole rings is 1. The fourth-order valence-corrected chi connectivity index (χ4v) is 5.13. The molecule has 5 N–H and O–H groups in total. The van der Waals surface area contributed by atoms with Gasteiger partial charge in [-0.1, -0.05) is 17.4 Å². The number of hydrogen-bond donors (Lipinski definition) is 5. The van der Waals surface area contributed by atoms with Gasteiger partial charge in [-0.25, -0.2) is 9.97 Å². The molecular weight excluding hydrogens is 468 g/mol. The maximum Gasteiger partial charge on any atom is 0.263 e. The predicted molar refractivity (Wildman–Crippen MR) is 135 cm³/mol. The molecule has 2 aromatic heterocycles. The number of aliphatic hydroxyl groups excluding tert-OH is 2. The quantitative estimate of drug-likeness (QED) is 0.335. The predicted octanol–water partition coefficient (Wildman–Crippen LogP) is 2.64. The topological polar surface area (TPSA) is 132 Å². The molecule has 4 heterocycles. The molecule has 3 aromatic rings. The molecule has 0 aliphatic carbocycles. The Morgan fingerprint density at radius 1 is 1.26 bits per heavy atom. The third kappa shape index (κ3) is 5.02. The van der Waals surface area contributed by atoms with Crippen LogP contribution in [0.5, 0.6) is 5.75 Å². The van der Waals surface area contributed by atoms with E-state index in [-0.39, 0.29) is 24.6 Å². The van der Waals surface area contributed by atoms with Crippen molar-refractivity contribution < 1.29 is 19.7 Å². The van der Waals surface area contributed by atoms with Gasteiger partial charge in [0.15, 0.2) is 5.13 Å². The normalized spacial score (nSPS) is 17.0. The second kappa shape index (κ2) is 9.33. The summed E-state index contributed by atoms with van der Waals surface area (Å²) in [5.74, 6) is 1.89. The third-order valence-electron chi connectivity index (χ3n) is 5.76. The molecule has 0 spiro atoms. The standard InChI is InChI=1S/C24H28N6O4S/c1-24(2)11-16-21(22(33)29-24)35-23(27-16)30-8-9-34-18-7-6-14(10-17(18)30)26-20-5-3-4-19(28-20)25-12-15(32)13-31/h3-7,10,15,31-32H,8-9,11-13H2,1-2H3,(H,29,33)(H2,25,26,28). The Morgan fingerprint density at radius 3 is 2.91 bits per heavy atom. The zero-order valence-electron chi connectivity index (χ0n) is 19.5. The van der Waals surface area contributed by atoms with Gasteiger partial charge in [-0.3, -0.25) is 4.79 Å². The Bertz CT molecular complexity index is 1250. The van der Waals surface area contributed by atoms with Gasteiger partial charge in [0.05, 0.1) is 30.6 Å². The van der Waals surface area contributed by atoms with Crippen molar-refractivity contribution in [2.45, 2.75) is 31.9 Å². The first kappa shape index (κ1) is 23.3. The molecule has 1 amide bonds. The Hall–Kier alpha value is -3.41. The number of nitrogens with zero attached hydrogens (tertiary/aromatic N) is 3. The number of pyridine rings is 1. The van der Waals surface area contributed by atoms with Crippen LogP contribution in [0, 0.1) is 0 Å². The summed E-state index contributed by atoms with van der Waals surface area (Å²) < 4.78 is 5.88. The van der Waals surface area contributed by atoms with Gasteiger partial charge in [0, 0.05) is 24.2 Å². The van der Waals surface area contributed by atoms with E-state index in [9.17, 15) is 9.90 Å². The summed E-state index contributed by atoms with van der Waals surface area (Å²) in [5.41, 5.74) is 2.20. The van der Waals surface area contributed by atoms with E-state index in [2.05, 4.69) is 25.8 Å². The van der Waals surface area contributed by atoms with Crippen LogP contribution in [0.4, 0.5) is 28.1 Å². The number of nitrogens with one attached hydrogen (secondary N) is 3. The molecule has 2 aliphatic heterocycles. The number of aliphatic hydroxyl groups is 2. The second-order valence-electron chi connectivity index (χ2n) is 9.22. The van der Waals surface area contributed by atoms with E-state index < -0.39 is 6.10 Å². The lowest BCUT2D eigenvalue weighted by Crippen LogP contribution is -2.48. The van der Waals surface area contributed by atoms with Crippen LogP contribution < -0.4 is 25.6 Å². The van der Waals surface area contributed by atoms with E-state index >= 15 is 0 Å². The summed E-state index contributed by atoms with van der Waals surface area (Å²) in [6.45, 7) is 5.04. The molecule has 5 rings (SSSR count). The van der Waals surface area contributed by atoms with Crippen molar-refractivity contribution in [2.24, 2.45) is 0 Å². The van der Waals surface area contributed by atoms with E-state index in [0.717, 1.165) is 27.9 Å². The molecule has 0 bridgehead atoms. The van der Waals surface area contributed by atoms with Crippen molar-refractivity contribution in [2.75, 3.05) is 41.8 Å². The van der Waals surface area contributed by atoms with Crippen LogP contribution >= 0.6 is 11.3 Å². The minimum atomic E-state index is -0.853. The first-order valence-corrected chi connectivity index (χ1v) is 12.3. The number of carbonyl (C=O) groups is 1. The summed E-state index contributed by atoms with van der Waals surface area (Å²) in [4.78, 5) is 24.7. The molecule has 0 saturated carbocycles. The summed E-state index contributed by atoms with van der Waals surface area (Å²) in [6, 6.07) is 11.3. The number of amides is 1. The molecule has 0 fully saturated rings. The van der Waals surface area contributed by atoms with Crippen LogP contribution in [0.2, 0.25) is 0 Å². The molecule has 2 aliphatic rings. The molecule has 11 heteroatoms. The van der Waals surface area contributed by atoms with Gasteiger partial charge in [0.2, 0.25) is 0 Å². The van der Waals surface area contributed by atoms with Crippen LogP contribution in [-0.2, 0) is 6.42 Å². The Kier molecular flexibility index (Phi) is 6.22. The van der Waals surface area contributed by atoms with Crippen LogP contribution in [0.1, 0.15) is 29.2 Å². The van der Waals surface area contributed by atoms with Gasteiger partial charge in [-0.05, 0) is 44.2 Å². The first-order valence-electron chi connectivity index (χ1n) is 11.4. The van der Waals surface area contributed by atoms with Crippen LogP contribution in [0.25, 0.3) is 0 Å². The van der Waals surface area contributed by atoms with Crippen LogP contribution in [0.15, 0.2) is 36.4 Å². The SMILES string of the molecule is CC1(C)Cc2nc(N3CCOc4ccc(Nc5cccc(NCC(O)CO)n5)cc43)sc2C(=O)N1. The lowest BCUT2D eigenvalue weighted by molar-refractivity contribution is 0.0901. The molecule has 35 heavy (non-hydrogen) atoms. The Balaban J connectivity index is 1.38. The Morgan fingerprint density at radius 2 is 2.09 bits per heavy atom. The fourth-order valence-electron chi connectivity index (χ4n) is 4.11. The molecule has 1 atom stereocenters. The smallest absolute Gasteiger partial charge is 0.263 e. The molecule has 0 saturated heterocycles. The molecule has 1 aromatic carbocycles. The van der Waals surface area contributed by atoms with Crippen LogP contribution in [0.3, 0.4) is 0 Å². The highest BCUT2D eigenvalue weighted by Crippen LogP contribution is 2.42. The van der Waals surface area contributed by atoms with Crippen molar-refractivity contribution >= 4 is 45.4 Å². The molecule has 1 unspecified atom stereocenters. The largest absolute Gasteiger partial charge is 0.490 e. The van der Waals surface area contributed by atoms with Crippen molar-refractivity contribution in [1.82, 2.24) is 15.3 Å². The number of anilines is 5. The van der Waals surface area contributed by atoms with Crippen LogP contribution in [-0.4, -0.2) is 64.0 Å². The molecular formula is C24H28N6O4S. The van der Waals surface area contributed by atoms with E-state index in [1.54, 1.807) is 6.07 Å². The maximum absolute atomic E-state index is 12.6. The van der Waals surface area contributed by atoms with Gasteiger partial charge in [-0.15, -0.1) is 0 Å². The van der Waals surface area contributed by atoms with Crippen molar-refractivity contribution in [3.8, 4) is 5.75 Å². The number of fused-ring (bicyclic) bond motifs is 2. The van der Waals surface area contributed by atoms with E-state index in [0.29, 0.717) is 36.1 Å². The number of aromatic nitrogens is 2. The monoisotopic (exact) mass is 496 g/mol. The number of benzene rings is 1. The fraction of sp³-hybridized carbons (Fsp3) is 0.375. The lowest BCUT2D eigenvalue weighted by atomic mass is 9.94. The van der Waals surface area contributed by atoms with Gasteiger partial charge in [0.1, 0.15) is 28.9 Å². The summed E-state index contributed by atoms with van der Waals surface area (Å²) >= 11 is 1.40. The average molecular weight is 497 g/mol. The zero-order chi connectivity index (χ0) is 24.6. The highest BCUT2D eigenvalue weighted by molar-refractivity contribution is 7.17. The highest BCUT2D eigenvalue weighted by atomic mass is 32.1. The number of hydrogen-bond acceptors (Lipinski definition) is 10. The minimum absolute atomic E-state index is 0.0741. The van der Waals surface area contributed by atoms with Crippen molar-refractivity contribution in [3.63, 3.8) is 0 Å². The van der Waals surface area contributed by atoms with E-state index in [4.69, 9.17) is 14.8 Å².